The van der Waals surface area contributed by atoms with Crippen molar-refractivity contribution in [3.8, 4) is 12.3 Å². The van der Waals surface area contributed by atoms with Crippen molar-refractivity contribution in [3.63, 3.8) is 0 Å². The van der Waals surface area contributed by atoms with Gasteiger partial charge >= 0.3 is 0 Å². The van der Waals surface area contributed by atoms with E-state index in [1.165, 1.54) is 11.1 Å². The molecule has 120 valence electrons. The van der Waals surface area contributed by atoms with Gasteiger partial charge in [0.2, 0.25) is 5.91 Å². The van der Waals surface area contributed by atoms with Gasteiger partial charge in [0.15, 0.2) is 0 Å². The van der Waals surface area contributed by atoms with E-state index in [1.807, 2.05) is 0 Å². The number of rotatable bonds is 6. The van der Waals surface area contributed by atoms with Gasteiger partial charge in [0, 0.05) is 6.04 Å². The minimum atomic E-state index is -0.0742. The molecule has 1 atom stereocenters. The molecule has 3 heteroatoms. The maximum Gasteiger partial charge on any atom is 0.234 e. The van der Waals surface area contributed by atoms with Crippen LogP contribution in [-0.2, 0) is 10.2 Å². The van der Waals surface area contributed by atoms with Gasteiger partial charge in [0.05, 0.1) is 13.1 Å². The molecular weight excluding hydrogens is 272 g/mol. The Morgan fingerprint density at radius 1 is 1.23 bits per heavy atom. The lowest BCUT2D eigenvalue weighted by atomic mass is 9.85. The number of benzene rings is 1. The molecule has 0 aromatic heterocycles. The molecule has 0 unspecified atom stereocenters. The van der Waals surface area contributed by atoms with Gasteiger partial charge in [-0.3, -0.25) is 4.79 Å². The van der Waals surface area contributed by atoms with Gasteiger partial charge in [0.25, 0.3) is 0 Å². The summed E-state index contributed by atoms with van der Waals surface area (Å²) >= 11 is 0. The molecule has 1 rings (SSSR count). The Bertz CT molecular complexity index is 518. The zero-order valence-electron chi connectivity index (χ0n) is 14.4. The molecule has 1 aromatic rings. The third kappa shape index (κ3) is 5.54. The van der Waals surface area contributed by atoms with Crippen molar-refractivity contribution in [1.29, 1.82) is 0 Å². The summed E-state index contributed by atoms with van der Waals surface area (Å²) in [5, 5.41) is 5.99. The van der Waals surface area contributed by atoms with E-state index in [0.29, 0.717) is 5.92 Å². The van der Waals surface area contributed by atoms with Crippen LogP contribution in [0.5, 0.6) is 0 Å². The van der Waals surface area contributed by atoms with Crippen molar-refractivity contribution in [3.05, 3.63) is 35.4 Å². The smallest absolute Gasteiger partial charge is 0.234 e. The zero-order chi connectivity index (χ0) is 16.8. The van der Waals surface area contributed by atoms with Crippen LogP contribution in [0.2, 0.25) is 0 Å². The minimum Gasteiger partial charge on any atom is -0.344 e. The summed E-state index contributed by atoms with van der Waals surface area (Å²) in [4.78, 5) is 11.7. The fraction of sp³-hybridized carbons (Fsp3) is 0.526. The lowest BCUT2D eigenvalue weighted by molar-refractivity contribution is -0.120. The molecule has 0 saturated carbocycles. The normalized spacial score (nSPS) is 12.8. The van der Waals surface area contributed by atoms with Crippen molar-refractivity contribution in [2.45, 2.75) is 46.1 Å². The predicted octanol–water partition coefficient (Wildman–Crippen LogP) is 3.02. The summed E-state index contributed by atoms with van der Waals surface area (Å²) in [6.07, 6.45) is 5.14. The number of hydrogen-bond donors (Lipinski definition) is 2. The first-order valence-corrected chi connectivity index (χ1v) is 7.79. The van der Waals surface area contributed by atoms with Crippen molar-refractivity contribution < 1.29 is 4.79 Å². The Morgan fingerprint density at radius 3 is 2.27 bits per heavy atom. The molecule has 0 bridgehead atoms. The molecule has 1 aromatic carbocycles. The summed E-state index contributed by atoms with van der Waals surface area (Å²) in [7, 11) is 0. The molecule has 0 spiro atoms. The highest BCUT2D eigenvalue weighted by Crippen LogP contribution is 2.26. The number of amides is 1. The summed E-state index contributed by atoms with van der Waals surface area (Å²) in [5.74, 6) is 2.72. The first kappa shape index (κ1) is 18.3. The van der Waals surface area contributed by atoms with Gasteiger partial charge in [-0.05, 0) is 22.5 Å². The maximum atomic E-state index is 11.7. The molecule has 22 heavy (non-hydrogen) atoms. The van der Waals surface area contributed by atoms with E-state index in [1.54, 1.807) is 0 Å². The molecule has 0 fully saturated rings. The van der Waals surface area contributed by atoms with Gasteiger partial charge in [-0.15, -0.1) is 6.42 Å². The van der Waals surface area contributed by atoms with Crippen LogP contribution in [-0.4, -0.2) is 19.0 Å². The number of terminal acetylenes is 1. The highest BCUT2D eigenvalue weighted by molar-refractivity contribution is 5.78. The van der Waals surface area contributed by atoms with Gasteiger partial charge in [-0.25, -0.2) is 0 Å². The van der Waals surface area contributed by atoms with Gasteiger partial charge in [-0.1, -0.05) is 64.8 Å². The van der Waals surface area contributed by atoms with Crippen LogP contribution in [0.3, 0.4) is 0 Å². The number of carbonyl (C=O) groups is 1. The Labute approximate surface area is 134 Å². The van der Waals surface area contributed by atoms with E-state index in [9.17, 15) is 4.79 Å². The lowest BCUT2D eigenvalue weighted by Crippen LogP contribution is -2.37. The average molecular weight is 300 g/mol. The minimum absolute atomic E-state index is 0.0742. The fourth-order valence-corrected chi connectivity index (χ4v) is 2.34. The van der Waals surface area contributed by atoms with E-state index >= 15 is 0 Å². The molecular formula is C19H28N2O. The number of carbonyl (C=O) groups excluding carboxylic acids is 1. The van der Waals surface area contributed by atoms with Crippen LogP contribution < -0.4 is 10.6 Å². The highest BCUT2D eigenvalue weighted by atomic mass is 16.1. The third-order valence-corrected chi connectivity index (χ3v) is 3.67. The van der Waals surface area contributed by atoms with Crippen molar-refractivity contribution >= 4 is 5.91 Å². The second kappa shape index (κ2) is 8.00. The van der Waals surface area contributed by atoms with Gasteiger partial charge in [-0.2, -0.15) is 0 Å². The third-order valence-electron chi connectivity index (χ3n) is 3.67. The second-order valence-corrected chi connectivity index (χ2v) is 6.96. The molecule has 0 radical (unpaired) electrons. The van der Waals surface area contributed by atoms with E-state index in [4.69, 9.17) is 6.42 Å². The molecule has 3 nitrogen and oxygen atoms in total. The quantitative estimate of drug-likeness (QED) is 0.793. The van der Waals surface area contributed by atoms with Gasteiger partial charge in [0.1, 0.15) is 0 Å². The topological polar surface area (TPSA) is 41.1 Å². The van der Waals surface area contributed by atoms with Crippen LogP contribution in [0.1, 0.15) is 51.8 Å². The second-order valence-electron chi connectivity index (χ2n) is 6.96. The van der Waals surface area contributed by atoms with E-state index < -0.39 is 0 Å². The van der Waals surface area contributed by atoms with Crippen molar-refractivity contribution in [1.82, 2.24) is 10.6 Å². The van der Waals surface area contributed by atoms with E-state index in [2.05, 4.69) is 75.4 Å². The van der Waals surface area contributed by atoms with Crippen molar-refractivity contribution in [2.75, 3.05) is 13.1 Å². The Kier molecular flexibility index (Phi) is 6.64. The monoisotopic (exact) mass is 300 g/mol. The standard InChI is InChI=1S/C19H28N2O/c1-7-12-20-17(22)13-21-18(14(2)3)15-8-10-16(11-9-15)19(4,5)6/h1,8-11,14,18,21H,12-13H2,2-6H3,(H,20,22)/t18-/m0/s1. The molecule has 0 heterocycles. The van der Waals surface area contributed by atoms with Crippen molar-refractivity contribution in [2.24, 2.45) is 5.92 Å². The molecule has 2 N–H and O–H groups in total. The zero-order valence-corrected chi connectivity index (χ0v) is 14.4. The Balaban J connectivity index is 2.75. The Hall–Kier alpha value is -1.79. The number of nitrogens with one attached hydrogen (secondary N) is 2. The summed E-state index contributed by atoms with van der Waals surface area (Å²) in [5.41, 5.74) is 2.66. The summed E-state index contributed by atoms with van der Waals surface area (Å²) in [6.45, 7) is 11.4. The van der Waals surface area contributed by atoms with Crippen LogP contribution >= 0.6 is 0 Å². The summed E-state index contributed by atoms with van der Waals surface area (Å²) < 4.78 is 0. The first-order chi connectivity index (χ1) is 10.3. The lowest BCUT2D eigenvalue weighted by Gasteiger charge is -2.25. The Morgan fingerprint density at radius 2 is 1.82 bits per heavy atom. The molecule has 0 aliphatic rings. The average Bonchev–Trinajstić information content (AvgIpc) is 2.44. The predicted molar refractivity (Wildman–Crippen MR) is 92.6 cm³/mol. The fourth-order valence-electron chi connectivity index (χ4n) is 2.34. The largest absolute Gasteiger partial charge is 0.344 e. The van der Waals surface area contributed by atoms with E-state index in [-0.39, 0.29) is 30.5 Å². The SMILES string of the molecule is C#CCNC(=O)CN[C@H](c1ccc(C(C)(C)C)cc1)C(C)C. The van der Waals surface area contributed by atoms with E-state index in [0.717, 1.165) is 0 Å². The highest BCUT2D eigenvalue weighted by Gasteiger charge is 2.18. The van der Waals surface area contributed by atoms with Gasteiger partial charge < -0.3 is 10.6 Å². The maximum absolute atomic E-state index is 11.7. The molecule has 0 aliphatic heterocycles. The number of hydrogen-bond acceptors (Lipinski definition) is 2. The van der Waals surface area contributed by atoms with Crippen LogP contribution in [0, 0.1) is 18.3 Å². The van der Waals surface area contributed by atoms with Crippen LogP contribution in [0.4, 0.5) is 0 Å². The first-order valence-electron chi connectivity index (χ1n) is 7.79. The van der Waals surface area contributed by atoms with Crippen LogP contribution in [0.15, 0.2) is 24.3 Å². The molecule has 0 saturated heterocycles. The van der Waals surface area contributed by atoms with Crippen LogP contribution in [0.25, 0.3) is 0 Å². The molecule has 0 aliphatic carbocycles. The summed E-state index contributed by atoms with van der Waals surface area (Å²) in [6, 6.07) is 8.79. The molecule has 1 amide bonds.